The molecule has 0 aliphatic rings. The number of aliphatic carboxylic acids is 1. The van der Waals surface area contributed by atoms with Crippen molar-refractivity contribution in [2.24, 2.45) is 0 Å². The van der Waals surface area contributed by atoms with E-state index in [2.05, 4.69) is 10.1 Å². The molecule has 0 heterocycles. The number of carboxylic acid groups (broad SMARTS) is 1. The van der Waals surface area contributed by atoms with E-state index >= 15 is 0 Å². The zero-order valence-corrected chi connectivity index (χ0v) is 12.6. The minimum absolute atomic E-state index is 0.129. The highest BCUT2D eigenvalue weighted by molar-refractivity contribution is 5.88. The zero-order chi connectivity index (χ0) is 16.5. The van der Waals surface area contributed by atoms with Gasteiger partial charge in [0, 0.05) is 20.6 Å². The van der Waals surface area contributed by atoms with Crippen LogP contribution >= 0.6 is 0 Å². The number of carbonyl (C=O) groups excluding carboxylic acids is 2. The fourth-order valence-electron chi connectivity index (χ4n) is 1.83. The smallest absolute Gasteiger partial charge is 0.326 e. The molecule has 0 aliphatic carbocycles. The number of nitrogens with one attached hydrogen (secondary N) is 1. The Labute approximate surface area is 128 Å². The van der Waals surface area contributed by atoms with Crippen LogP contribution in [0.5, 0.6) is 0 Å². The highest BCUT2D eigenvalue weighted by Gasteiger charge is 2.21. The predicted octanol–water partition coefficient (Wildman–Crippen LogP) is -0.0967. The molecule has 0 saturated carbocycles. The van der Waals surface area contributed by atoms with Crippen molar-refractivity contribution in [3.05, 3.63) is 35.9 Å². The van der Waals surface area contributed by atoms with Crippen LogP contribution in [-0.4, -0.2) is 61.1 Å². The SMILES string of the molecule is COCC(=O)N(C)CC(=O)N[C@@H](Cc1ccccc1)C(=O)O. The fourth-order valence-corrected chi connectivity index (χ4v) is 1.83. The summed E-state index contributed by atoms with van der Waals surface area (Å²) in [6.45, 7) is -0.350. The number of nitrogens with zero attached hydrogens (tertiary/aromatic N) is 1. The minimum atomic E-state index is -1.12. The number of ether oxygens (including phenoxy) is 1. The molecule has 0 bridgehead atoms. The second-order valence-electron chi connectivity index (χ2n) is 4.83. The third-order valence-electron chi connectivity index (χ3n) is 2.99. The van der Waals surface area contributed by atoms with Crippen LogP contribution in [0.4, 0.5) is 0 Å². The van der Waals surface area contributed by atoms with Gasteiger partial charge >= 0.3 is 5.97 Å². The van der Waals surface area contributed by atoms with E-state index in [0.29, 0.717) is 0 Å². The Morgan fingerprint density at radius 1 is 1.27 bits per heavy atom. The summed E-state index contributed by atoms with van der Waals surface area (Å²) in [5.41, 5.74) is 0.805. The predicted molar refractivity (Wildman–Crippen MR) is 79.2 cm³/mol. The van der Waals surface area contributed by atoms with Crippen molar-refractivity contribution >= 4 is 17.8 Å². The maximum absolute atomic E-state index is 11.9. The molecular weight excluding hydrogens is 288 g/mol. The Morgan fingerprint density at radius 2 is 1.91 bits per heavy atom. The largest absolute Gasteiger partial charge is 0.480 e. The van der Waals surface area contributed by atoms with Gasteiger partial charge in [0.05, 0.1) is 6.54 Å². The summed E-state index contributed by atoms with van der Waals surface area (Å²) in [5, 5.41) is 11.6. The molecule has 1 atom stereocenters. The molecule has 0 fully saturated rings. The number of rotatable bonds is 8. The highest BCUT2D eigenvalue weighted by atomic mass is 16.5. The summed E-state index contributed by atoms with van der Waals surface area (Å²) < 4.78 is 4.69. The molecule has 0 radical (unpaired) electrons. The molecule has 0 spiro atoms. The van der Waals surface area contributed by atoms with Gasteiger partial charge in [-0.05, 0) is 5.56 Å². The van der Waals surface area contributed by atoms with E-state index in [1.165, 1.54) is 19.1 Å². The molecule has 2 amide bonds. The van der Waals surface area contributed by atoms with Gasteiger partial charge in [-0.2, -0.15) is 0 Å². The van der Waals surface area contributed by atoms with Crippen LogP contribution in [-0.2, 0) is 25.5 Å². The summed E-state index contributed by atoms with van der Waals surface area (Å²) in [4.78, 5) is 35.8. The van der Waals surface area contributed by atoms with Gasteiger partial charge in [0.1, 0.15) is 12.6 Å². The van der Waals surface area contributed by atoms with Crippen LogP contribution < -0.4 is 5.32 Å². The van der Waals surface area contributed by atoms with Crippen molar-refractivity contribution in [3.8, 4) is 0 Å². The van der Waals surface area contributed by atoms with Gasteiger partial charge in [-0.3, -0.25) is 9.59 Å². The molecule has 0 aliphatic heterocycles. The van der Waals surface area contributed by atoms with E-state index in [1.807, 2.05) is 6.07 Å². The van der Waals surface area contributed by atoms with Crippen molar-refractivity contribution in [3.63, 3.8) is 0 Å². The number of amides is 2. The first-order chi connectivity index (χ1) is 10.4. The van der Waals surface area contributed by atoms with Gasteiger partial charge in [-0.25, -0.2) is 4.79 Å². The Hall–Kier alpha value is -2.41. The molecule has 0 saturated heterocycles. The number of methoxy groups -OCH3 is 1. The lowest BCUT2D eigenvalue weighted by Crippen LogP contribution is -2.47. The van der Waals surface area contributed by atoms with Gasteiger partial charge in [0.2, 0.25) is 11.8 Å². The van der Waals surface area contributed by atoms with Crippen molar-refractivity contribution in [2.75, 3.05) is 27.3 Å². The standard InChI is InChI=1S/C15H20N2O5/c1-17(14(19)10-22-2)9-13(18)16-12(15(20)21)8-11-6-4-3-5-7-11/h3-7,12H,8-10H2,1-2H3,(H,16,18)(H,20,21)/t12-/m0/s1. The summed E-state index contributed by atoms with van der Waals surface area (Å²) in [5.74, 6) is -2.01. The molecule has 7 nitrogen and oxygen atoms in total. The Kier molecular flexibility index (Phi) is 7.04. The molecule has 1 aromatic carbocycles. The number of carbonyl (C=O) groups is 3. The Morgan fingerprint density at radius 3 is 2.45 bits per heavy atom. The maximum atomic E-state index is 11.9. The quantitative estimate of drug-likeness (QED) is 0.699. The molecule has 22 heavy (non-hydrogen) atoms. The molecule has 120 valence electrons. The van der Waals surface area contributed by atoms with Gasteiger partial charge < -0.3 is 20.1 Å². The van der Waals surface area contributed by atoms with Gasteiger partial charge in [-0.15, -0.1) is 0 Å². The normalized spacial score (nSPS) is 11.5. The molecule has 7 heteroatoms. The van der Waals surface area contributed by atoms with Crippen LogP contribution in [0, 0.1) is 0 Å². The number of hydrogen-bond acceptors (Lipinski definition) is 4. The number of benzene rings is 1. The van der Waals surface area contributed by atoms with Crippen molar-refractivity contribution in [1.29, 1.82) is 0 Å². The van der Waals surface area contributed by atoms with Crippen LogP contribution in [0.25, 0.3) is 0 Å². The van der Waals surface area contributed by atoms with E-state index < -0.39 is 17.9 Å². The molecule has 0 unspecified atom stereocenters. The van der Waals surface area contributed by atoms with Crippen molar-refractivity contribution < 1.29 is 24.2 Å². The molecule has 0 aromatic heterocycles. The van der Waals surface area contributed by atoms with E-state index in [1.54, 1.807) is 24.3 Å². The lowest BCUT2D eigenvalue weighted by Gasteiger charge is -2.19. The van der Waals surface area contributed by atoms with Crippen molar-refractivity contribution in [1.82, 2.24) is 10.2 Å². The van der Waals surface area contributed by atoms with Gasteiger partial charge in [0.25, 0.3) is 0 Å². The highest BCUT2D eigenvalue weighted by Crippen LogP contribution is 2.03. The lowest BCUT2D eigenvalue weighted by atomic mass is 10.1. The zero-order valence-electron chi connectivity index (χ0n) is 12.6. The molecule has 1 aromatic rings. The topological polar surface area (TPSA) is 95.9 Å². The second kappa shape index (κ2) is 8.78. The number of hydrogen-bond donors (Lipinski definition) is 2. The number of carboxylic acids is 1. The molecule has 2 N–H and O–H groups in total. The first kappa shape index (κ1) is 17.6. The van der Waals surface area contributed by atoms with Crippen LogP contribution in [0.2, 0.25) is 0 Å². The van der Waals surface area contributed by atoms with Gasteiger partial charge in [0.15, 0.2) is 0 Å². The minimum Gasteiger partial charge on any atom is -0.480 e. The summed E-state index contributed by atoms with van der Waals surface area (Å²) in [7, 11) is 2.83. The average Bonchev–Trinajstić information content (AvgIpc) is 2.47. The Bertz CT molecular complexity index is 518. The van der Waals surface area contributed by atoms with E-state index in [-0.39, 0.29) is 25.5 Å². The van der Waals surface area contributed by atoms with Gasteiger partial charge in [-0.1, -0.05) is 30.3 Å². The first-order valence-electron chi connectivity index (χ1n) is 6.73. The Balaban J connectivity index is 2.58. The third kappa shape index (κ3) is 5.92. The lowest BCUT2D eigenvalue weighted by molar-refractivity contribution is -0.142. The summed E-state index contributed by atoms with van der Waals surface area (Å²) in [6.07, 6.45) is 0.178. The average molecular weight is 308 g/mol. The summed E-state index contributed by atoms with van der Waals surface area (Å²) >= 11 is 0. The summed E-state index contributed by atoms with van der Waals surface area (Å²) in [6, 6.07) is 7.96. The van der Waals surface area contributed by atoms with Crippen molar-refractivity contribution in [2.45, 2.75) is 12.5 Å². The van der Waals surface area contributed by atoms with Crippen LogP contribution in [0.1, 0.15) is 5.56 Å². The molecule has 1 rings (SSSR count). The third-order valence-corrected chi connectivity index (χ3v) is 2.99. The van der Waals surface area contributed by atoms with E-state index in [4.69, 9.17) is 0 Å². The second-order valence-corrected chi connectivity index (χ2v) is 4.83. The first-order valence-corrected chi connectivity index (χ1v) is 6.73. The van der Waals surface area contributed by atoms with Crippen LogP contribution in [0.15, 0.2) is 30.3 Å². The maximum Gasteiger partial charge on any atom is 0.326 e. The van der Waals surface area contributed by atoms with Crippen LogP contribution in [0.3, 0.4) is 0 Å². The fraction of sp³-hybridized carbons (Fsp3) is 0.400. The molecular formula is C15H20N2O5. The van der Waals surface area contributed by atoms with E-state index in [0.717, 1.165) is 5.56 Å². The number of likely N-dealkylation sites (N-methyl/N-ethyl adjacent to an activating group) is 1. The van der Waals surface area contributed by atoms with E-state index in [9.17, 15) is 19.5 Å². The monoisotopic (exact) mass is 308 g/mol.